The van der Waals surface area contributed by atoms with Gasteiger partial charge in [0.2, 0.25) is 0 Å². The topological polar surface area (TPSA) is 47.0 Å². The highest BCUT2D eigenvalue weighted by atomic mass is 35.5. The molecule has 1 atom stereocenters. The smallest absolute Gasteiger partial charge is 0.318 e. The maximum Gasteiger partial charge on any atom is 0.318 e. The molecule has 0 aliphatic carbocycles. The van der Waals surface area contributed by atoms with Crippen molar-refractivity contribution in [1.29, 1.82) is 0 Å². The van der Waals surface area contributed by atoms with Gasteiger partial charge >= 0.3 is 6.01 Å². The van der Waals surface area contributed by atoms with Crippen LogP contribution in [0.4, 0.5) is 5.82 Å². The number of hydrogen-bond acceptors (Lipinski definition) is 4. The van der Waals surface area contributed by atoms with Gasteiger partial charge in [0.15, 0.2) is 5.82 Å². The molecular weight excluding hydrogens is 249 g/mol. The van der Waals surface area contributed by atoms with E-state index in [1.807, 2.05) is 0 Å². The Labute approximate surface area is 105 Å². The Morgan fingerprint density at radius 3 is 2.75 bits per heavy atom. The third kappa shape index (κ3) is 3.68. The zero-order valence-electron chi connectivity index (χ0n) is 9.50. The van der Waals surface area contributed by atoms with E-state index in [1.54, 1.807) is 0 Å². The van der Waals surface area contributed by atoms with Crippen molar-refractivity contribution in [2.24, 2.45) is 5.92 Å². The van der Waals surface area contributed by atoms with Crippen LogP contribution in [-0.2, 0) is 0 Å². The molecule has 0 saturated carbocycles. The summed E-state index contributed by atoms with van der Waals surface area (Å²) in [5, 5.41) is 3.55. The first-order valence-electron chi connectivity index (χ1n) is 4.99. The second-order valence-corrected chi connectivity index (χ2v) is 4.66. The van der Waals surface area contributed by atoms with Crippen molar-refractivity contribution >= 4 is 29.0 Å². The molecule has 4 nitrogen and oxygen atoms in total. The van der Waals surface area contributed by atoms with Gasteiger partial charge in [0.05, 0.1) is 18.7 Å². The normalized spacial score (nSPS) is 12.6. The van der Waals surface area contributed by atoms with Gasteiger partial charge in [-0.3, -0.25) is 0 Å². The van der Waals surface area contributed by atoms with Crippen LogP contribution in [0.1, 0.15) is 13.8 Å². The Morgan fingerprint density at radius 1 is 1.50 bits per heavy atom. The summed E-state index contributed by atoms with van der Waals surface area (Å²) in [4.78, 5) is 7.97. The average molecular weight is 264 g/mol. The molecule has 0 aliphatic heterocycles. The number of anilines is 1. The van der Waals surface area contributed by atoms with Gasteiger partial charge in [0, 0.05) is 6.54 Å². The van der Waals surface area contributed by atoms with Crippen molar-refractivity contribution in [1.82, 2.24) is 9.97 Å². The minimum atomic E-state index is 0.0250. The highest BCUT2D eigenvalue weighted by Gasteiger charge is 2.11. The maximum atomic E-state index is 6.11. The summed E-state index contributed by atoms with van der Waals surface area (Å²) < 4.78 is 4.91. The molecule has 0 saturated heterocycles. The predicted octanol–water partition coefficient (Wildman–Crippen LogP) is 2.81. The molecular formula is C10H15Cl2N3O. The van der Waals surface area contributed by atoms with Crippen molar-refractivity contribution in [3.63, 3.8) is 0 Å². The van der Waals surface area contributed by atoms with Crippen LogP contribution in [0.5, 0.6) is 6.01 Å². The fourth-order valence-corrected chi connectivity index (χ4v) is 1.24. The Balaban J connectivity index is 2.65. The van der Waals surface area contributed by atoms with Crippen molar-refractivity contribution < 1.29 is 4.74 Å². The van der Waals surface area contributed by atoms with E-state index in [9.17, 15) is 0 Å². The quantitative estimate of drug-likeness (QED) is 0.831. The third-order valence-electron chi connectivity index (χ3n) is 2.09. The maximum absolute atomic E-state index is 6.11. The monoisotopic (exact) mass is 263 g/mol. The molecule has 1 aromatic rings. The molecule has 0 fully saturated rings. The van der Waals surface area contributed by atoms with E-state index >= 15 is 0 Å². The second kappa shape index (κ2) is 6.11. The lowest BCUT2D eigenvalue weighted by Crippen LogP contribution is -2.20. The number of nitrogens with zero attached hydrogens (tertiary/aromatic N) is 2. The van der Waals surface area contributed by atoms with Gasteiger partial charge in [-0.15, -0.1) is 11.6 Å². The molecule has 0 bridgehead atoms. The standard InChI is InChI=1S/C10H15Cl2N3O/c1-6(2)7(11)4-13-9-8(12)5-14-10(15-9)16-3/h5-7H,4H2,1-3H3,(H,13,14,15). The van der Waals surface area contributed by atoms with Crippen LogP contribution in [0, 0.1) is 5.92 Å². The largest absolute Gasteiger partial charge is 0.467 e. The second-order valence-electron chi connectivity index (χ2n) is 3.69. The van der Waals surface area contributed by atoms with Crippen molar-refractivity contribution in [3.8, 4) is 6.01 Å². The van der Waals surface area contributed by atoms with E-state index in [0.29, 0.717) is 23.3 Å². The van der Waals surface area contributed by atoms with Gasteiger partial charge in [0.1, 0.15) is 5.02 Å². The van der Waals surface area contributed by atoms with Gasteiger partial charge in [-0.2, -0.15) is 4.98 Å². The first kappa shape index (κ1) is 13.3. The van der Waals surface area contributed by atoms with Gasteiger partial charge < -0.3 is 10.1 Å². The lowest BCUT2D eigenvalue weighted by atomic mass is 10.1. The average Bonchev–Trinajstić information content (AvgIpc) is 2.27. The number of hydrogen-bond donors (Lipinski definition) is 1. The van der Waals surface area contributed by atoms with E-state index in [0.717, 1.165) is 0 Å². The molecule has 1 N–H and O–H groups in total. The molecule has 0 aliphatic rings. The highest BCUT2D eigenvalue weighted by molar-refractivity contribution is 6.32. The molecule has 0 spiro atoms. The number of ether oxygens (including phenoxy) is 1. The van der Waals surface area contributed by atoms with Gasteiger partial charge in [-0.05, 0) is 5.92 Å². The van der Waals surface area contributed by atoms with Gasteiger partial charge in [-0.25, -0.2) is 4.98 Å². The van der Waals surface area contributed by atoms with Crippen LogP contribution in [-0.4, -0.2) is 29.0 Å². The molecule has 90 valence electrons. The number of aromatic nitrogens is 2. The number of rotatable bonds is 5. The number of methoxy groups -OCH3 is 1. The van der Waals surface area contributed by atoms with Crippen molar-refractivity contribution in [2.75, 3.05) is 19.0 Å². The van der Waals surface area contributed by atoms with Crippen LogP contribution in [0.25, 0.3) is 0 Å². The molecule has 0 amide bonds. The summed E-state index contributed by atoms with van der Waals surface area (Å²) in [6.07, 6.45) is 1.49. The number of nitrogens with one attached hydrogen (secondary N) is 1. The van der Waals surface area contributed by atoms with E-state index in [2.05, 4.69) is 29.1 Å². The molecule has 1 unspecified atom stereocenters. The Hall–Kier alpha value is -0.740. The number of alkyl halides is 1. The summed E-state index contributed by atoms with van der Waals surface area (Å²) in [5.74, 6) is 0.927. The third-order valence-corrected chi connectivity index (χ3v) is 3.03. The first-order valence-corrected chi connectivity index (χ1v) is 5.80. The fourth-order valence-electron chi connectivity index (χ4n) is 1.00. The molecule has 0 radical (unpaired) electrons. The zero-order chi connectivity index (χ0) is 12.1. The molecule has 0 aromatic carbocycles. The zero-order valence-corrected chi connectivity index (χ0v) is 11.0. The minimum absolute atomic E-state index is 0.0250. The lowest BCUT2D eigenvalue weighted by Gasteiger charge is -2.15. The van der Waals surface area contributed by atoms with E-state index < -0.39 is 0 Å². The SMILES string of the molecule is COc1ncc(Cl)c(NCC(Cl)C(C)C)n1. The predicted molar refractivity (Wildman–Crippen MR) is 66.6 cm³/mol. The summed E-state index contributed by atoms with van der Waals surface area (Å²) in [5.41, 5.74) is 0. The van der Waals surface area contributed by atoms with Gasteiger partial charge in [-0.1, -0.05) is 25.4 Å². The molecule has 16 heavy (non-hydrogen) atoms. The summed E-state index contributed by atoms with van der Waals surface area (Å²) in [7, 11) is 1.51. The van der Waals surface area contributed by atoms with Crippen molar-refractivity contribution in [3.05, 3.63) is 11.2 Å². The van der Waals surface area contributed by atoms with Crippen LogP contribution in [0.15, 0.2) is 6.20 Å². The number of halogens is 2. The van der Waals surface area contributed by atoms with Crippen LogP contribution in [0.3, 0.4) is 0 Å². The van der Waals surface area contributed by atoms with E-state index in [4.69, 9.17) is 27.9 Å². The summed E-state index contributed by atoms with van der Waals surface area (Å²) in [6.45, 7) is 4.71. The van der Waals surface area contributed by atoms with Crippen LogP contribution in [0.2, 0.25) is 5.02 Å². The Morgan fingerprint density at radius 2 is 2.19 bits per heavy atom. The van der Waals surface area contributed by atoms with Crippen molar-refractivity contribution in [2.45, 2.75) is 19.2 Å². The lowest BCUT2D eigenvalue weighted by molar-refractivity contribution is 0.380. The molecule has 1 heterocycles. The highest BCUT2D eigenvalue weighted by Crippen LogP contribution is 2.21. The Kier molecular flexibility index (Phi) is 5.09. The van der Waals surface area contributed by atoms with Crippen LogP contribution < -0.4 is 10.1 Å². The molecule has 1 aromatic heterocycles. The fraction of sp³-hybridized carbons (Fsp3) is 0.600. The first-order chi connectivity index (χ1) is 7.54. The summed E-state index contributed by atoms with van der Waals surface area (Å²) in [6, 6.07) is 0.280. The van der Waals surface area contributed by atoms with Crippen LogP contribution >= 0.6 is 23.2 Å². The Bertz CT molecular complexity index is 347. The molecule has 1 rings (SSSR count). The van der Waals surface area contributed by atoms with Gasteiger partial charge in [0.25, 0.3) is 0 Å². The van der Waals surface area contributed by atoms with E-state index in [1.165, 1.54) is 13.3 Å². The summed E-state index contributed by atoms with van der Waals surface area (Å²) >= 11 is 12.0. The molecule has 6 heteroatoms. The van der Waals surface area contributed by atoms with E-state index in [-0.39, 0.29) is 11.4 Å². The minimum Gasteiger partial charge on any atom is -0.467 e.